The summed E-state index contributed by atoms with van der Waals surface area (Å²) < 4.78 is 24.0. The molecule has 0 aliphatic carbocycles. The second-order valence-electron chi connectivity index (χ2n) is 6.25. The normalized spacial score (nSPS) is 11.5. The molecule has 23 heavy (non-hydrogen) atoms. The molecule has 0 radical (unpaired) electrons. The van der Waals surface area contributed by atoms with Gasteiger partial charge in [-0.05, 0) is 24.5 Å². The zero-order valence-corrected chi connectivity index (χ0v) is 15.4. The smallest absolute Gasteiger partial charge is 0.199 e. The fourth-order valence-electron chi connectivity index (χ4n) is 2.88. The lowest BCUT2D eigenvalue weighted by atomic mass is 10.0. The highest BCUT2D eigenvalue weighted by Gasteiger charge is 2.13. The van der Waals surface area contributed by atoms with E-state index in [1.54, 1.807) is 12.1 Å². The van der Waals surface area contributed by atoms with Gasteiger partial charge in [0.05, 0.1) is 4.90 Å². The van der Waals surface area contributed by atoms with Crippen LogP contribution in [0.5, 0.6) is 0 Å². The summed E-state index contributed by atoms with van der Waals surface area (Å²) in [5, 5.41) is 1.05. The largest absolute Gasteiger partial charge is 0.219 e. The maximum absolute atomic E-state index is 12.0. The molecule has 0 heterocycles. The Morgan fingerprint density at radius 1 is 0.870 bits per heavy atom. The third-order valence-corrected chi connectivity index (χ3v) is 5.75. The van der Waals surface area contributed by atoms with Crippen LogP contribution >= 0.6 is 0 Å². The summed E-state index contributed by atoms with van der Waals surface area (Å²) in [7, 11) is -3.33. The van der Waals surface area contributed by atoms with Crippen LogP contribution in [0.25, 0.3) is 0 Å². The summed E-state index contributed by atoms with van der Waals surface area (Å²) in [5.41, 5.74) is 0.923. The predicted octanol–water partition coefficient (Wildman–Crippen LogP) is 6.07. The van der Waals surface area contributed by atoms with E-state index >= 15 is 0 Å². The molecular formula is C20H32O2S. The first-order chi connectivity index (χ1) is 11.1. The van der Waals surface area contributed by atoms with Gasteiger partial charge in [0.25, 0.3) is 0 Å². The van der Waals surface area contributed by atoms with Gasteiger partial charge in [-0.2, -0.15) is 0 Å². The molecule has 0 spiro atoms. The fourth-order valence-corrected chi connectivity index (χ4v) is 3.86. The molecule has 1 rings (SSSR count). The quantitative estimate of drug-likeness (QED) is 0.410. The van der Waals surface area contributed by atoms with Gasteiger partial charge in [0.15, 0.2) is 9.84 Å². The van der Waals surface area contributed by atoms with Crippen molar-refractivity contribution < 1.29 is 8.42 Å². The second kappa shape index (κ2) is 11.4. The fraction of sp³-hybridized carbons (Fsp3) is 0.600. The molecule has 0 amide bonds. The predicted molar refractivity (Wildman–Crippen MR) is 99.4 cm³/mol. The number of hydrogen-bond acceptors (Lipinski definition) is 2. The third-order valence-electron chi connectivity index (χ3n) is 4.30. The molecule has 0 fully saturated rings. The molecule has 130 valence electrons. The first-order valence-corrected chi connectivity index (χ1v) is 10.6. The van der Waals surface area contributed by atoms with Crippen LogP contribution < -0.4 is 0 Å². The van der Waals surface area contributed by atoms with Crippen molar-refractivity contribution in [2.24, 2.45) is 0 Å². The molecule has 0 saturated heterocycles. The summed E-state index contributed by atoms with van der Waals surface area (Å²) in [4.78, 5) is 0.422. The van der Waals surface area contributed by atoms with E-state index in [1.165, 1.54) is 57.8 Å². The molecule has 0 aromatic heterocycles. The molecule has 1 aromatic rings. The van der Waals surface area contributed by atoms with Gasteiger partial charge >= 0.3 is 0 Å². The Kier molecular flexibility index (Phi) is 9.93. The summed E-state index contributed by atoms with van der Waals surface area (Å²) >= 11 is 0. The second-order valence-corrected chi connectivity index (χ2v) is 8.11. The zero-order chi connectivity index (χ0) is 17.0. The van der Waals surface area contributed by atoms with Crippen LogP contribution in [0.1, 0.15) is 76.7 Å². The molecule has 0 saturated carbocycles. The van der Waals surface area contributed by atoms with E-state index in [9.17, 15) is 8.42 Å². The first-order valence-electron chi connectivity index (χ1n) is 9.07. The number of unbranched alkanes of at least 4 members (excludes halogenated alkanes) is 9. The molecule has 2 nitrogen and oxygen atoms in total. The van der Waals surface area contributed by atoms with Crippen molar-refractivity contribution >= 4 is 9.84 Å². The Labute approximate surface area is 142 Å². The molecule has 0 aliphatic heterocycles. The third kappa shape index (κ3) is 7.83. The Morgan fingerprint density at radius 3 is 1.96 bits per heavy atom. The summed E-state index contributed by atoms with van der Waals surface area (Å²) in [5.74, 6) is 0. The minimum absolute atomic E-state index is 0.422. The van der Waals surface area contributed by atoms with Crippen molar-refractivity contribution in [2.75, 3.05) is 0 Å². The van der Waals surface area contributed by atoms with Crippen LogP contribution in [-0.2, 0) is 16.3 Å². The van der Waals surface area contributed by atoms with Crippen LogP contribution in [0, 0.1) is 0 Å². The lowest BCUT2D eigenvalue weighted by molar-refractivity contribution is 0.555. The van der Waals surface area contributed by atoms with Crippen molar-refractivity contribution in [1.82, 2.24) is 0 Å². The molecule has 0 atom stereocenters. The van der Waals surface area contributed by atoms with Crippen molar-refractivity contribution in [3.8, 4) is 0 Å². The average Bonchev–Trinajstić information content (AvgIpc) is 2.57. The summed E-state index contributed by atoms with van der Waals surface area (Å²) in [6.45, 7) is 5.67. The van der Waals surface area contributed by atoms with E-state index in [0.29, 0.717) is 4.90 Å². The van der Waals surface area contributed by atoms with Crippen molar-refractivity contribution in [3.05, 3.63) is 41.8 Å². The summed E-state index contributed by atoms with van der Waals surface area (Å²) in [6, 6.07) is 7.29. The van der Waals surface area contributed by atoms with Crippen LogP contribution in [0.15, 0.2) is 41.1 Å². The Morgan fingerprint density at radius 2 is 1.39 bits per heavy atom. The van der Waals surface area contributed by atoms with Crippen molar-refractivity contribution in [1.29, 1.82) is 0 Å². The van der Waals surface area contributed by atoms with E-state index in [1.807, 2.05) is 12.1 Å². The van der Waals surface area contributed by atoms with Crippen molar-refractivity contribution in [2.45, 2.75) is 82.4 Å². The first kappa shape index (κ1) is 20.0. The lowest BCUT2D eigenvalue weighted by Gasteiger charge is -2.08. The number of aryl methyl sites for hydroxylation is 1. The number of sulfone groups is 1. The van der Waals surface area contributed by atoms with Gasteiger partial charge in [0.2, 0.25) is 0 Å². The van der Waals surface area contributed by atoms with E-state index in [2.05, 4.69) is 13.5 Å². The Bertz CT molecular complexity index is 547. The molecular weight excluding hydrogens is 304 g/mol. The van der Waals surface area contributed by atoms with E-state index in [-0.39, 0.29) is 0 Å². The molecule has 1 aromatic carbocycles. The highest BCUT2D eigenvalue weighted by molar-refractivity contribution is 7.94. The van der Waals surface area contributed by atoms with Crippen molar-refractivity contribution in [3.63, 3.8) is 0 Å². The summed E-state index contributed by atoms with van der Waals surface area (Å²) in [6.07, 6.45) is 13.8. The van der Waals surface area contributed by atoms with Crippen LogP contribution in [0.4, 0.5) is 0 Å². The van der Waals surface area contributed by atoms with Gasteiger partial charge in [-0.1, -0.05) is 89.5 Å². The average molecular weight is 337 g/mol. The Balaban J connectivity index is 2.23. The zero-order valence-electron chi connectivity index (χ0n) is 14.6. The SMILES string of the molecule is C=CS(=O)(=O)c1ccccc1CCCCCCCCCCCC. The topological polar surface area (TPSA) is 34.1 Å². The Hall–Kier alpha value is -1.09. The van der Waals surface area contributed by atoms with E-state index in [4.69, 9.17) is 0 Å². The molecule has 0 unspecified atom stereocenters. The number of hydrogen-bond donors (Lipinski definition) is 0. The maximum Gasteiger partial charge on any atom is 0.199 e. The molecule has 0 N–H and O–H groups in total. The van der Waals surface area contributed by atoms with E-state index in [0.717, 1.165) is 23.8 Å². The lowest BCUT2D eigenvalue weighted by Crippen LogP contribution is -2.01. The number of rotatable bonds is 13. The minimum Gasteiger partial charge on any atom is -0.219 e. The standard InChI is InChI=1S/C20H32O2S/c1-3-5-6-7-8-9-10-11-12-13-16-19-17-14-15-18-20(19)23(21,22)4-2/h4,14-15,17-18H,2-3,5-13,16H2,1H3. The van der Waals surface area contributed by atoms with Gasteiger partial charge in [-0.15, -0.1) is 0 Å². The number of benzene rings is 1. The highest BCUT2D eigenvalue weighted by Crippen LogP contribution is 2.20. The van der Waals surface area contributed by atoms with Gasteiger partial charge in [-0.3, -0.25) is 0 Å². The van der Waals surface area contributed by atoms with Gasteiger partial charge in [0, 0.05) is 5.41 Å². The van der Waals surface area contributed by atoms with Crippen LogP contribution in [-0.4, -0.2) is 8.42 Å². The maximum atomic E-state index is 12.0. The monoisotopic (exact) mass is 336 g/mol. The van der Waals surface area contributed by atoms with Crippen LogP contribution in [0.2, 0.25) is 0 Å². The van der Waals surface area contributed by atoms with Gasteiger partial charge in [-0.25, -0.2) is 8.42 Å². The molecule has 3 heteroatoms. The van der Waals surface area contributed by atoms with Gasteiger partial charge < -0.3 is 0 Å². The highest BCUT2D eigenvalue weighted by atomic mass is 32.2. The molecule has 0 bridgehead atoms. The molecule has 0 aliphatic rings. The minimum atomic E-state index is -3.33. The van der Waals surface area contributed by atoms with Gasteiger partial charge in [0.1, 0.15) is 0 Å². The van der Waals surface area contributed by atoms with Crippen LogP contribution in [0.3, 0.4) is 0 Å². The van der Waals surface area contributed by atoms with E-state index < -0.39 is 9.84 Å².